The van der Waals surface area contributed by atoms with E-state index in [4.69, 9.17) is 4.98 Å². The van der Waals surface area contributed by atoms with Gasteiger partial charge in [-0.2, -0.15) is 0 Å². The Hall–Kier alpha value is -1.94. The maximum atomic E-state index is 12.1. The lowest BCUT2D eigenvalue weighted by atomic mass is 10.0. The van der Waals surface area contributed by atoms with Crippen molar-refractivity contribution in [1.29, 1.82) is 0 Å². The molecule has 4 heteroatoms. The van der Waals surface area contributed by atoms with Gasteiger partial charge in [-0.15, -0.1) is 0 Å². The van der Waals surface area contributed by atoms with E-state index in [0.29, 0.717) is 11.7 Å². The monoisotopic (exact) mass is 327 g/mol. The molecule has 4 nitrogen and oxygen atoms in total. The fraction of sp³-hybridized carbons (Fsp3) is 0.500. The van der Waals surface area contributed by atoms with Crippen LogP contribution in [-0.2, 0) is 13.0 Å². The topological polar surface area (TPSA) is 49.0 Å². The van der Waals surface area contributed by atoms with Crippen molar-refractivity contribution >= 4 is 0 Å². The summed E-state index contributed by atoms with van der Waals surface area (Å²) in [5.74, 6) is 1.16. The summed E-state index contributed by atoms with van der Waals surface area (Å²) < 4.78 is 0. The Morgan fingerprint density at radius 2 is 1.96 bits per heavy atom. The highest BCUT2D eigenvalue weighted by atomic mass is 16.1. The van der Waals surface area contributed by atoms with Gasteiger partial charge in [0, 0.05) is 23.9 Å². The predicted octanol–water partition coefficient (Wildman–Crippen LogP) is 3.87. The summed E-state index contributed by atoms with van der Waals surface area (Å²) in [4.78, 5) is 22.1. The molecular weight excluding hydrogens is 298 g/mol. The van der Waals surface area contributed by atoms with Gasteiger partial charge in [0.1, 0.15) is 5.82 Å². The standard InChI is InChI=1S/C20H29N3O/c1-5-11-23(6-2)14-16-9-7-8-10-18(16)20-21-17(12-15(3)4)13-19(24)22-20/h7-10,13,15H,5-6,11-12,14H2,1-4H3,(H,21,22,24). The Balaban J connectivity index is 2.38. The first-order chi connectivity index (χ1) is 11.5. The fourth-order valence-electron chi connectivity index (χ4n) is 2.95. The molecule has 0 bridgehead atoms. The smallest absolute Gasteiger partial charge is 0.251 e. The quantitative estimate of drug-likeness (QED) is 0.801. The highest BCUT2D eigenvalue weighted by molar-refractivity contribution is 5.60. The van der Waals surface area contributed by atoms with Gasteiger partial charge in [0.05, 0.1) is 0 Å². The number of aromatic amines is 1. The molecule has 1 heterocycles. The minimum Gasteiger partial charge on any atom is -0.307 e. The van der Waals surface area contributed by atoms with E-state index in [-0.39, 0.29) is 5.56 Å². The van der Waals surface area contributed by atoms with Gasteiger partial charge >= 0.3 is 0 Å². The molecule has 2 aromatic rings. The van der Waals surface area contributed by atoms with E-state index in [2.05, 4.69) is 49.7 Å². The lowest BCUT2D eigenvalue weighted by molar-refractivity contribution is 0.281. The first-order valence-corrected chi connectivity index (χ1v) is 8.94. The second kappa shape index (κ2) is 8.78. The van der Waals surface area contributed by atoms with Gasteiger partial charge in [0.15, 0.2) is 0 Å². The van der Waals surface area contributed by atoms with Gasteiger partial charge < -0.3 is 4.98 Å². The molecule has 2 rings (SSSR count). The van der Waals surface area contributed by atoms with Gasteiger partial charge in [-0.3, -0.25) is 9.69 Å². The molecule has 130 valence electrons. The molecule has 0 radical (unpaired) electrons. The number of hydrogen-bond acceptors (Lipinski definition) is 3. The third-order valence-corrected chi connectivity index (χ3v) is 4.07. The van der Waals surface area contributed by atoms with Crippen molar-refractivity contribution in [3.05, 3.63) is 51.9 Å². The molecule has 0 saturated heterocycles. The SMILES string of the molecule is CCCN(CC)Cc1ccccc1-c1nc(CC(C)C)cc(=O)[nH]1. The molecule has 24 heavy (non-hydrogen) atoms. The highest BCUT2D eigenvalue weighted by Gasteiger charge is 2.12. The number of rotatable bonds is 8. The molecule has 0 amide bonds. The van der Waals surface area contributed by atoms with Crippen LogP contribution in [0.4, 0.5) is 0 Å². The predicted molar refractivity (Wildman–Crippen MR) is 100 cm³/mol. The first-order valence-electron chi connectivity index (χ1n) is 8.94. The van der Waals surface area contributed by atoms with E-state index in [1.54, 1.807) is 6.07 Å². The van der Waals surface area contributed by atoms with Crippen molar-refractivity contribution in [2.45, 2.75) is 47.1 Å². The second-order valence-electron chi connectivity index (χ2n) is 6.71. The maximum Gasteiger partial charge on any atom is 0.251 e. The average molecular weight is 327 g/mol. The summed E-state index contributed by atoms with van der Waals surface area (Å²) in [6, 6.07) is 9.84. The Morgan fingerprint density at radius 1 is 1.21 bits per heavy atom. The molecule has 1 N–H and O–H groups in total. The Morgan fingerprint density at radius 3 is 2.62 bits per heavy atom. The van der Waals surface area contributed by atoms with Crippen LogP contribution < -0.4 is 5.56 Å². The Labute approximate surface area is 144 Å². The number of benzene rings is 1. The van der Waals surface area contributed by atoms with Crippen LogP contribution in [0.5, 0.6) is 0 Å². The van der Waals surface area contributed by atoms with Crippen LogP contribution in [0.1, 0.15) is 45.4 Å². The third kappa shape index (κ3) is 5.03. The van der Waals surface area contributed by atoms with Gasteiger partial charge in [0.25, 0.3) is 5.56 Å². The van der Waals surface area contributed by atoms with Crippen molar-refractivity contribution < 1.29 is 0 Å². The Bertz CT molecular complexity index is 706. The fourth-order valence-corrected chi connectivity index (χ4v) is 2.95. The zero-order chi connectivity index (χ0) is 17.5. The molecule has 1 aromatic carbocycles. The summed E-state index contributed by atoms with van der Waals surface area (Å²) >= 11 is 0. The highest BCUT2D eigenvalue weighted by Crippen LogP contribution is 2.21. The minimum atomic E-state index is -0.0774. The maximum absolute atomic E-state index is 12.1. The van der Waals surface area contributed by atoms with Crippen LogP contribution in [0.15, 0.2) is 35.1 Å². The minimum absolute atomic E-state index is 0.0774. The van der Waals surface area contributed by atoms with Crippen LogP contribution >= 0.6 is 0 Å². The van der Waals surface area contributed by atoms with Gasteiger partial charge in [-0.05, 0) is 37.4 Å². The number of aromatic nitrogens is 2. The number of H-pyrrole nitrogens is 1. The molecule has 0 aliphatic rings. The van der Waals surface area contributed by atoms with E-state index in [1.165, 1.54) is 5.56 Å². The van der Waals surface area contributed by atoms with Crippen LogP contribution in [0.3, 0.4) is 0 Å². The number of nitrogens with zero attached hydrogens (tertiary/aromatic N) is 2. The second-order valence-corrected chi connectivity index (χ2v) is 6.71. The van der Waals surface area contributed by atoms with Crippen molar-refractivity contribution in [3.63, 3.8) is 0 Å². The molecule has 1 aromatic heterocycles. The van der Waals surface area contributed by atoms with Crippen LogP contribution in [-0.4, -0.2) is 28.0 Å². The lowest BCUT2D eigenvalue weighted by Crippen LogP contribution is -2.24. The molecule has 0 aliphatic carbocycles. The number of nitrogens with one attached hydrogen (secondary N) is 1. The van der Waals surface area contributed by atoms with Gasteiger partial charge in [-0.25, -0.2) is 4.98 Å². The van der Waals surface area contributed by atoms with Crippen LogP contribution in [0, 0.1) is 5.92 Å². The van der Waals surface area contributed by atoms with Crippen molar-refractivity contribution in [1.82, 2.24) is 14.9 Å². The zero-order valence-electron chi connectivity index (χ0n) is 15.3. The van der Waals surface area contributed by atoms with Crippen LogP contribution in [0.2, 0.25) is 0 Å². The van der Waals surface area contributed by atoms with Crippen molar-refractivity contribution in [2.75, 3.05) is 13.1 Å². The van der Waals surface area contributed by atoms with E-state index in [0.717, 1.165) is 43.7 Å². The summed E-state index contributed by atoms with van der Waals surface area (Å²) in [5.41, 5.74) is 3.01. The van der Waals surface area contributed by atoms with E-state index in [1.807, 2.05) is 12.1 Å². The largest absolute Gasteiger partial charge is 0.307 e. The molecular formula is C20H29N3O. The summed E-state index contributed by atoms with van der Waals surface area (Å²) in [6.45, 7) is 11.6. The van der Waals surface area contributed by atoms with E-state index in [9.17, 15) is 4.79 Å². The van der Waals surface area contributed by atoms with E-state index < -0.39 is 0 Å². The van der Waals surface area contributed by atoms with Crippen molar-refractivity contribution in [3.8, 4) is 11.4 Å². The summed E-state index contributed by atoms with van der Waals surface area (Å²) in [6.07, 6.45) is 1.95. The van der Waals surface area contributed by atoms with E-state index >= 15 is 0 Å². The normalized spacial score (nSPS) is 11.4. The average Bonchev–Trinajstić information content (AvgIpc) is 2.53. The molecule has 0 aliphatic heterocycles. The van der Waals surface area contributed by atoms with Gasteiger partial charge in [0.2, 0.25) is 0 Å². The zero-order valence-corrected chi connectivity index (χ0v) is 15.3. The van der Waals surface area contributed by atoms with Gasteiger partial charge in [-0.1, -0.05) is 52.0 Å². The third-order valence-electron chi connectivity index (χ3n) is 4.07. The Kier molecular flexibility index (Phi) is 6.73. The van der Waals surface area contributed by atoms with Crippen molar-refractivity contribution in [2.24, 2.45) is 5.92 Å². The molecule has 0 saturated carbocycles. The molecule has 0 unspecified atom stereocenters. The van der Waals surface area contributed by atoms with Crippen LogP contribution in [0.25, 0.3) is 11.4 Å². The molecule has 0 atom stereocenters. The molecule has 0 fully saturated rings. The first kappa shape index (κ1) is 18.4. The summed E-state index contributed by atoms with van der Waals surface area (Å²) in [7, 11) is 0. The lowest BCUT2D eigenvalue weighted by Gasteiger charge is -2.21. The number of hydrogen-bond donors (Lipinski definition) is 1. The summed E-state index contributed by atoms with van der Waals surface area (Å²) in [5, 5.41) is 0. The molecule has 0 spiro atoms.